The maximum atomic E-state index is 12.4. The van der Waals surface area contributed by atoms with Gasteiger partial charge in [-0.05, 0) is 27.2 Å². The minimum atomic E-state index is -0.532. The summed E-state index contributed by atoms with van der Waals surface area (Å²) < 4.78 is 12.9. The molecule has 1 fully saturated rings. The molecular formula is C16H28N4O3. The summed E-state index contributed by atoms with van der Waals surface area (Å²) in [4.78, 5) is 14.1. The molecule has 0 saturated carbocycles. The highest BCUT2D eigenvalue weighted by Gasteiger charge is 2.35. The van der Waals surface area contributed by atoms with Crippen molar-refractivity contribution >= 4 is 6.09 Å². The topological polar surface area (TPSA) is 82.6 Å². The number of nitrogens with two attached hydrogens (primary N) is 1. The second-order valence-electron chi connectivity index (χ2n) is 6.88. The molecule has 1 aliphatic heterocycles. The maximum Gasteiger partial charge on any atom is 0.410 e. The van der Waals surface area contributed by atoms with Gasteiger partial charge in [0.1, 0.15) is 5.60 Å². The largest absolute Gasteiger partial charge is 0.444 e. The number of carbonyl (C=O) groups excluding carboxylic acids is 1. The first-order chi connectivity index (χ1) is 10.8. The van der Waals surface area contributed by atoms with Crippen molar-refractivity contribution in [3.63, 3.8) is 0 Å². The number of aromatic nitrogens is 2. The van der Waals surface area contributed by atoms with Crippen LogP contribution in [0.3, 0.4) is 0 Å². The zero-order valence-corrected chi connectivity index (χ0v) is 14.5. The Hall–Kier alpha value is -1.60. The fourth-order valence-electron chi connectivity index (χ4n) is 2.59. The molecule has 2 rings (SSSR count). The van der Waals surface area contributed by atoms with Gasteiger partial charge in [0.2, 0.25) is 0 Å². The highest BCUT2D eigenvalue weighted by Crippen LogP contribution is 2.23. The summed E-state index contributed by atoms with van der Waals surface area (Å²) in [6.07, 6.45) is 4.37. The summed E-state index contributed by atoms with van der Waals surface area (Å²) in [5.41, 5.74) is 6.76. The third-order valence-electron chi connectivity index (χ3n) is 3.70. The molecule has 1 amide bonds. The summed E-state index contributed by atoms with van der Waals surface area (Å²) in [5, 5.41) is 4.31. The van der Waals surface area contributed by atoms with Gasteiger partial charge in [-0.1, -0.05) is 6.92 Å². The van der Waals surface area contributed by atoms with Crippen LogP contribution < -0.4 is 5.73 Å². The molecule has 2 atom stereocenters. The summed E-state index contributed by atoms with van der Waals surface area (Å²) in [6, 6.07) is -0.605. The molecule has 1 aromatic rings. The molecule has 7 heteroatoms. The molecule has 2 heterocycles. The number of amides is 1. The molecule has 0 radical (unpaired) electrons. The van der Waals surface area contributed by atoms with Gasteiger partial charge in [0, 0.05) is 24.8 Å². The minimum absolute atomic E-state index is 0.252. The standard InChI is InChI=1S/C16H28N4O3/c1-5-6-19-10-12(9-18-19)14(17)13-11-22-8-7-20(13)15(21)23-16(2,3)4/h9-10,13-14H,5-8,11,17H2,1-4H3. The van der Waals surface area contributed by atoms with Crippen molar-refractivity contribution in [3.8, 4) is 0 Å². The van der Waals surface area contributed by atoms with E-state index in [-0.39, 0.29) is 18.2 Å². The Morgan fingerprint density at radius 1 is 1.57 bits per heavy atom. The van der Waals surface area contributed by atoms with E-state index in [2.05, 4.69) is 12.0 Å². The van der Waals surface area contributed by atoms with Crippen LogP contribution in [0.15, 0.2) is 12.4 Å². The molecule has 1 aliphatic rings. The van der Waals surface area contributed by atoms with Crippen molar-refractivity contribution in [1.82, 2.24) is 14.7 Å². The van der Waals surface area contributed by atoms with Crippen LogP contribution in [0.2, 0.25) is 0 Å². The SMILES string of the molecule is CCCn1cc(C(N)C2COCCN2C(=O)OC(C)(C)C)cn1. The highest BCUT2D eigenvalue weighted by atomic mass is 16.6. The van der Waals surface area contributed by atoms with Gasteiger partial charge in [-0.25, -0.2) is 4.79 Å². The van der Waals surface area contributed by atoms with Crippen LogP contribution in [0.4, 0.5) is 4.79 Å². The molecule has 2 unspecified atom stereocenters. The van der Waals surface area contributed by atoms with E-state index in [9.17, 15) is 4.79 Å². The number of morpholine rings is 1. The molecule has 0 bridgehead atoms. The number of ether oxygens (including phenoxy) is 2. The first-order valence-corrected chi connectivity index (χ1v) is 8.17. The van der Waals surface area contributed by atoms with E-state index < -0.39 is 5.60 Å². The normalized spacial score (nSPS) is 20.4. The van der Waals surface area contributed by atoms with E-state index in [0.29, 0.717) is 19.8 Å². The Morgan fingerprint density at radius 2 is 2.30 bits per heavy atom. The molecule has 0 spiro atoms. The Kier molecular flexibility index (Phi) is 5.64. The molecule has 1 saturated heterocycles. The Labute approximate surface area is 137 Å². The first-order valence-electron chi connectivity index (χ1n) is 8.17. The number of aryl methyl sites for hydroxylation is 1. The van der Waals surface area contributed by atoms with Crippen molar-refractivity contribution < 1.29 is 14.3 Å². The molecule has 0 aliphatic carbocycles. The lowest BCUT2D eigenvalue weighted by molar-refractivity contribution is -0.0382. The summed E-state index contributed by atoms with van der Waals surface area (Å²) >= 11 is 0. The molecular weight excluding hydrogens is 296 g/mol. The van der Waals surface area contributed by atoms with Gasteiger partial charge in [-0.3, -0.25) is 9.58 Å². The van der Waals surface area contributed by atoms with Crippen LogP contribution in [0, 0.1) is 0 Å². The zero-order chi connectivity index (χ0) is 17.0. The third-order valence-corrected chi connectivity index (χ3v) is 3.70. The lowest BCUT2D eigenvalue weighted by Crippen LogP contribution is -2.54. The number of carbonyl (C=O) groups is 1. The fourth-order valence-corrected chi connectivity index (χ4v) is 2.59. The number of hydrogen-bond donors (Lipinski definition) is 1. The van der Waals surface area contributed by atoms with Gasteiger partial charge in [0.15, 0.2) is 0 Å². The van der Waals surface area contributed by atoms with Crippen molar-refractivity contribution in [2.45, 2.75) is 58.3 Å². The second kappa shape index (κ2) is 7.31. The second-order valence-corrected chi connectivity index (χ2v) is 6.88. The molecule has 1 aromatic heterocycles. The van der Waals surface area contributed by atoms with Crippen molar-refractivity contribution in [2.24, 2.45) is 5.73 Å². The van der Waals surface area contributed by atoms with E-state index >= 15 is 0 Å². The number of rotatable bonds is 4. The summed E-state index contributed by atoms with van der Waals surface area (Å²) in [5.74, 6) is 0. The first kappa shape index (κ1) is 17.7. The van der Waals surface area contributed by atoms with Crippen LogP contribution in [0.25, 0.3) is 0 Å². The van der Waals surface area contributed by atoms with Crippen molar-refractivity contribution in [3.05, 3.63) is 18.0 Å². The molecule has 2 N–H and O–H groups in total. The van der Waals surface area contributed by atoms with Gasteiger partial charge in [-0.15, -0.1) is 0 Å². The van der Waals surface area contributed by atoms with Crippen LogP contribution in [-0.2, 0) is 16.0 Å². The highest BCUT2D eigenvalue weighted by molar-refractivity contribution is 5.69. The molecule has 23 heavy (non-hydrogen) atoms. The number of nitrogens with zero attached hydrogens (tertiary/aromatic N) is 3. The Morgan fingerprint density at radius 3 is 2.96 bits per heavy atom. The summed E-state index contributed by atoms with van der Waals surface area (Å²) in [7, 11) is 0. The monoisotopic (exact) mass is 324 g/mol. The predicted octanol–water partition coefficient (Wildman–Crippen LogP) is 1.93. The number of hydrogen-bond acceptors (Lipinski definition) is 5. The molecule has 7 nitrogen and oxygen atoms in total. The average Bonchev–Trinajstić information content (AvgIpc) is 2.94. The average molecular weight is 324 g/mol. The van der Waals surface area contributed by atoms with Gasteiger partial charge in [0.05, 0.1) is 31.5 Å². The lowest BCUT2D eigenvalue weighted by Gasteiger charge is -2.39. The third kappa shape index (κ3) is 4.68. The van der Waals surface area contributed by atoms with Gasteiger partial charge in [0.25, 0.3) is 0 Å². The van der Waals surface area contributed by atoms with E-state index in [0.717, 1.165) is 18.5 Å². The zero-order valence-electron chi connectivity index (χ0n) is 14.5. The van der Waals surface area contributed by atoms with Crippen LogP contribution in [0.1, 0.15) is 45.7 Å². The van der Waals surface area contributed by atoms with Gasteiger partial charge in [-0.2, -0.15) is 5.10 Å². The fraction of sp³-hybridized carbons (Fsp3) is 0.750. The maximum absolute atomic E-state index is 12.4. The summed E-state index contributed by atoms with van der Waals surface area (Å²) in [6.45, 7) is 9.90. The van der Waals surface area contributed by atoms with E-state index in [4.69, 9.17) is 15.2 Å². The van der Waals surface area contributed by atoms with E-state index in [1.807, 2.05) is 31.6 Å². The smallest absolute Gasteiger partial charge is 0.410 e. The predicted molar refractivity (Wildman–Crippen MR) is 87.0 cm³/mol. The van der Waals surface area contributed by atoms with Gasteiger partial charge < -0.3 is 15.2 Å². The van der Waals surface area contributed by atoms with Gasteiger partial charge >= 0.3 is 6.09 Å². The van der Waals surface area contributed by atoms with Crippen LogP contribution >= 0.6 is 0 Å². The minimum Gasteiger partial charge on any atom is -0.444 e. The van der Waals surface area contributed by atoms with E-state index in [1.165, 1.54) is 0 Å². The lowest BCUT2D eigenvalue weighted by atomic mass is 10.0. The van der Waals surface area contributed by atoms with E-state index in [1.54, 1.807) is 11.1 Å². The Bertz CT molecular complexity index is 524. The van der Waals surface area contributed by atoms with Crippen LogP contribution in [-0.4, -0.2) is 52.2 Å². The quantitative estimate of drug-likeness (QED) is 0.915. The Balaban J connectivity index is 2.11. The molecule has 130 valence electrons. The molecule has 0 aromatic carbocycles. The van der Waals surface area contributed by atoms with Crippen molar-refractivity contribution in [2.75, 3.05) is 19.8 Å². The van der Waals surface area contributed by atoms with Crippen molar-refractivity contribution in [1.29, 1.82) is 0 Å². The van der Waals surface area contributed by atoms with Crippen LogP contribution in [0.5, 0.6) is 0 Å².